The molecule has 2 aliphatic carbocycles. The summed E-state index contributed by atoms with van der Waals surface area (Å²) in [6.45, 7) is 19.8. The molecule has 12 heteroatoms. The summed E-state index contributed by atoms with van der Waals surface area (Å²) >= 11 is 0. The van der Waals surface area contributed by atoms with E-state index < -0.39 is 59.0 Å². The SMILES string of the molecule is CC.CC(C)C.CCC1CN(C(=O)C(NC(=O)NCC(=O)OC2CCCC2)C(C)(C)C)C(C(=O)NC(CC2CCC2)C(=O)C(N)=O)C1C. The van der Waals surface area contributed by atoms with Gasteiger partial charge in [-0.2, -0.15) is 0 Å². The fraction of sp³-hybridized carbons (Fsp3) is 0.833. The van der Waals surface area contributed by atoms with E-state index in [9.17, 15) is 28.8 Å². The number of Topliss-reactive ketones (excluding diaryl/α,β-unsaturated/α-hetero) is 1. The van der Waals surface area contributed by atoms with E-state index in [0.717, 1.165) is 57.3 Å². The van der Waals surface area contributed by atoms with Gasteiger partial charge >= 0.3 is 12.0 Å². The number of likely N-dealkylation sites (tertiary alicyclic amines) is 1. The number of carbonyl (C=O) groups is 6. The zero-order chi connectivity index (χ0) is 36.8. The third-order valence-corrected chi connectivity index (χ3v) is 9.14. The van der Waals surface area contributed by atoms with Crippen molar-refractivity contribution in [3.63, 3.8) is 0 Å². The third-order valence-electron chi connectivity index (χ3n) is 9.14. The summed E-state index contributed by atoms with van der Waals surface area (Å²) in [6.07, 6.45) is 7.45. The van der Waals surface area contributed by atoms with Crippen molar-refractivity contribution in [2.24, 2.45) is 34.8 Å². The van der Waals surface area contributed by atoms with Gasteiger partial charge in [0.05, 0.1) is 6.04 Å². The molecule has 3 rings (SSSR count). The normalized spacial score (nSPS) is 22.1. The van der Waals surface area contributed by atoms with Crippen molar-refractivity contribution in [3.8, 4) is 0 Å². The lowest BCUT2D eigenvalue weighted by molar-refractivity contribution is -0.147. The number of ketones is 1. The number of esters is 1. The molecule has 1 aliphatic heterocycles. The zero-order valence-electron chi connectivity index (χ0n) is 31.3. The van der Waals surface area contributed by atoms with Crippen molar-refractivity contribution < 1.29 is 33.5 Å². The summed E-state index contributed by atoms with van der Waals surface area (Å²) < 4.78 is 5.38. The summed E-state index contributed by atoms with van der Waals surface area (Å²) in [5, 5.41) is 7.94. The number of hydrogen-bond donors (Lipinski definition) is 4. The lowest BCUT2D eigenvalue weighted by atomic mass is 9.80. The predicted molar refractivity (Wildman–Crippen MR) is 187 cm³/mol. The first-order valence-corrected chi connectivity index (χ1v) is 18.1. The van der Waals surface area contributed by atoms with Crippen molar-refractivity contribution in [1.29, 1.82) is 0 Å². The fourth-order valence-electron chi connectivity index (χ4n) is 6.29. The van der Waals surface area contributed by atoms with Crippen molar-refractivity contribution >= 4 is 35.5 Å². The van der Waals surface area contributed by atoms with Gasteiger partial charge in [0, 0.05) is 6.54 Å². The van der Waals surface area contributed by atoms with Gasteiger partial charge in [-0.3, -0.25) is 24.0 Å². The Morgan fingerprint density at radius 3 is 1.94 bits per heavy atom. The minimum absolute atomic E-state index is 0.0152. The van der Waals surface area contributed by atoms with E-state index in [4.69, 9.17) is 10.5 Å². The number of rotatable bonds is 12. The molecule has 1 heterocycles. The van der Waals surface area contributed by atoms with Crippen molar-refractivity contribution in [3.05, 3.63) is 0 Å². The molecule has 3 fully saturated rings. The maximum Gasteiger partial charge on any atom is 0.325 e. The molecule has 0 aromatic heterocycles. The Morgan fingerprint density at radius 2 is 1.48 bits per heavy atom. The average Bonchev–Trinajstić information content (AvgIpc) is 3.62. The predicted octanol–water partition coefficient (Wildman–Crippen LogP) is 4.48. The van der Waals surface area contributed by atoms with Crippen molar-refractivity contribution in [2.75, 3.05) is 13.1 Å². The summed E-state index contributed by atoms with van der Waals surface area (Å²) in [6, 6.07) is -3.65. The van der Waals surface area contributed by atoms with Crippen LogP contribution in [0.3, 0.4) is 0 Å². The Morgan fingerprint density at radius 1 is 0.917 bits per heavy atom. The van der Waals surface area contributed by atoms with Gasteiger partial charge in [0.25, 0.3) is 5.91 Å². The Labute approximate surface area is 288 Å². The van der Waals surface area contributed by atoms with Crippen LogP contribution in [0.2, 0.25) is 0 Å². The van der Waals surface area contributed by atoms with E-state index in [0.29, 0.717) is 13.0 Å². The second-order valence-corrected chi connectivity index (χ2v) is 15.0. The minimum atomic E-state index is -1.10. The molecule has 2 saturated carbocycles. The Bertz CT molecular complexity index is 1080. The molecule has 0 radical (unpaired) electrons. The molecule has 1 saturated heterocycles. The molecule has 5 unspecified atom stereocenters. The average molecular weight is 680 g/mol. The highest BCUT2D eigenvalue weighted by Crippen LogP contribution is 2.35. The third kappa shape index (κ3) is 13.4. The molecule has 0 aromatic rings. The van der Waals surface area contributed by atoms with Gasteiger partial charge in [-0.25, -0.2) is 4.79 Å². The van der Waals surface area contributed by atoms with Gasteiger partial charge in [-0.15, -0.1) is 0 Å². The van der Waals surface area contributed by atoms with Crippen LogP contribution in [0.4, 0.5) is 4.79 Å². The largest absolute Gasteiger partial charge is 0.461 e. The Balaban J connectivity index is 0.00000178. The number of primary amides is 1. The molecule has 0 bridgehead atoms. The van der Waals surface area contributed by atoms with Gasteiger partial charge < -0.3 is 31.3 Å². The van der Waals surface area contributed by atoms with Crippen LogP contribution in [0, 0.1) is 29.1 Å². The fourth-order valence-corrected chi connectivity index (χ4v) is 6.29. The summed E-state index contributed by atoms with van der Waals surface area (Å²) in [4.78, 5) is 78.6. The molecule has 3 aliphatic rings. The van der Waals surface area contributed by atoms with Crippen LogP contribution >= 0.6 is 0 Å². The van der Waals surface area contributed by atoms with Crippen LogP contribution < -0.4 is 21.7 Å². The van der Waals surface area contributed by atoms with Gasteiger partial charge in [-0.1, -0.05) is 94.9 Å². The zero-order valence-corrected chi connectivity index (χ0v) is 31.3. The topological polar surface area (TPSA) is 177 Å². The Kier molecular flexibility index (Phi) is 18.2. The summed E-state index contributed by atoms with van der Waals surface area (Å²) in [5.74, 6) is -2.59. The van der Waals surface area contributed by atoms with E-state index in [2.05, 4.69) is 36.7 Å². The molecule has 12 nitrogen and oxygen atoms in total. The lowest BCUT2D eigenvalue weighted by Gasteiger charge is -2.36. The van der Waals surface area contributed by atoms with E-state index in [1.807, 2.05) is 27.7 Å². The quantitative estimate of drug-likeness (QED) is 0.174. The molecular weight excluding hydrogens is 614 g/mol. The number of ether oxygens (including phenoxy) is 1. The molecule has 0 spiro atoms. The number of nitrogens with zero attached hydrogens (tertiary/aromatic N) is 1. The van der Waals surface area contributed by atoms with E-state index in [1.54, 1.807) is 20.8 Å². The van der Waals surface area contributed by atoms with E-state index in [-0.39, 0.29) is 30.4 Å². The maximum atomic E-state index is 14.0. The van der Waals surface area contributed by atoms with Crippen LogP contribution in [0.25, 0.3) is 0 Å². The highest BCUT2D eigenvalue weighted by atomic mass is 16.5. The lowest BCUT2D eigenvalue weighted by Crippen LogP contribution is -2.60. The first-order chi connectivity index (χ1) is 22.5. The van der Waals surface area contributed by atoms with Crippen LogP contribution in [-0.4, -0.2) is 77.7 Å². The highest BCUT2D eigenvalue weighted by Gasteiger charge is 2.49. The second kappa shape index (κ2) is 20.4. The van der Waals surface area contributed by atoms with E-state index >= 15 is 0 Å². The first-order valence-electron chi connectivity index (χ1n) is 18.1. The van der Waals surface area contributed by atoms with Gasteiger partial charge in [0.1, 0.15) is 24.7 Å². The highest BCUT2D eigenvalue weighted by molar-refractivity contribution is 6.37. The monoisotopic (exact) mass is 679 g/mol. The first kappa shape index (κ1) is 42.8. The number of amides is 5. The van der Waals surface area contributed by atoms with Crippen LogP contribution in [0.1, 0.15) is 127 Å². The van der Waals surface area contributed by atoms with Gasteiger partial charge in [0.15, 0.2) is 0 Å². The number of urea groups is 1. The summed E-state index contributed by atoms with van der Waals surface area (Å²) in [7, 11) is 0. The molecule has 5 N–H and O–H groups in total. The van der Waals surface area contributed by atoms with Crippen LogP contribution in [0.5, 0.6) is 0 Å². The molecular formula is C36H65N5O7. The van der Waals surface area contributed by atoms with Gasteiger partial charge in [0.2, 0.25) is 17.6 Å². The molecule has 5 amide bonds. The smallest absolute Gasteiger partial charge is 0.325 e. The Hall–Kier alpha value is -3.18. The molecule has 0 aromatic carbocycles. The van der Waals surface area contributed by atoms with Crippen molar-refractivity contribution in [2.45, 2.75) is 151 Å². The van der Waals surface area contributed by atoms with Crippen molar-refractivity contribution in [1.82, 2.24) is 20.9 Å². The van der Waals surface area contributed by atoms with Crippen LogP contribution in [-0.2, 0) is 28.7 Å². The molecule has 276 valence electrons. The van der Waals surface area contributed by atoms with Gasteiger partial charge in [-0.05, 0) is 61.2 Å². The standard InChI is InChI=1S/C30H49N5O7.C4H10.C2H6/c1-6-19-16-35(23(17(19)2)27(39)33-21(24(37)26(31)38)14-18-10-9-11-18)28(40)25(30(3,4)5)34-29(41)32-15-22(36)42-20-12-7-8-13-20;1-4(2)3;1-2/h17-21,23,25H,6-16H2,1-5H3,(H2,31,38)(H,33,39)(H2,32,34,41);4H,1-3H3;1-2H3. The number of nitrogens with two attached hydrogens (primary N) is 1. The molecule has 5 atom stereocenters. The second-order valence-electron chi connectivity index (χ2n) is 15.0. The minimum Gasteiger partial charge on any atom is -0.461 e. The molecule has 48 heavy (non-hydrogen) atoms. The maximum absolute atomic E-state index is 14.0. The number of nitrogens with one attached hydrogen (secondary N) is 3. The number of carbonyl (C=O) groups excluding carboxylic acids is 6. The number of hydrogen-bond acceptors (Lipinski definition) is 7. The summed E-state index contributed by atoms with van der Waals surface area (Å²) in [5.41, 5.74) is 4.55. The van der Waals surface area contributed by atoms with Crippen LogP contribution in [0.15, 0.2) is 0 Å². The van der Waals surface area contributed by atoms with E-state index in [1.165, 1.54) is 4.90 Å².